The van der Waals surface area contributed by atoms with Crippen LogP contribution in [-0.2, 0) is 13.0 Å². The van der Waals surface area contributed by atoms with Crippen LogP contribution in [0.15, 0.2) is 41.0 Å². The molecular formula is C14H21N5S. The van der Waals surface area contributed by atoms with Gasteiger partial charge in [0.1, 0.15) is 0 Å². The van der Waals surface area contributed by atoms with Crippen molar-refractivity contribution >= 4 is 17.3 Å². The van der Waals surface area contributed by atoms with E-state index in [9.17, 15) is 0 Å². The van der Waals surface area contributed by atoms with E-state index in [0.717, 1.165) is 38.6 Å². The molecule has 6 heteroatoms. The average Bonchev–Trinajstić information content (AvgIpc) is 3.11. The Labute approximate surface area is 123 Å². The van der Waals surface area contributed by atoms with Crippen LogP contribution in [0.5, 0.6) is 0 Å². The Hall–Kier alpha value is -1.82. The highest BCUT2D eigenvalue weighted by Gasteiger charge is 1.98. The van der Waals surface area contributed by atoms with Crippen LogP contribution in [0.25, 0.3) is 0 Å². The molecule has 2 rings (SSSR count). The lowest BCUT2D eigenvalue weighted by atomic mass is 10.3. The third kappa shape index (κ3) is 5.05. The fourth-order valence-corrected chi connectivity index (χ4v) is 2.49. The zero-order valence-electron chi connectivity index (χ0n) is 11.7. The zero-order chi connectivity index (χ0) is 14.0. The maximum absolute atomic E-state index is 4.58. The molecule has 0 unspecified atom stereocenters. The van der Waals surface area contributed by atoms with Crippen LogP contribution in [0.1, 0.15) is 11.8 Å². The summed E-state index contributed by atoms with van der Waals surface area (Å²) in [6, 6.07) is 6.16. The number of thiophene rings is 1. The Balaban J connectivity index is 1.73. The second-order valence-electron chi connectivity index (χ2n) is 4.29. The summed E-state index contributed by atoms with van der Waals surface area (Å²) in [5.41, 5.74) is 0. The Morgan fingerprint density at radius 1 is 1.40 bits per heavy atom. The lowest BCUT2D eigenvalue weighted by molar-refractivity contribution is 0.598. The Morgan fingerprint density at radius 2 is 2.35 bits per heavy atom. The highest BCUT2D eigenvalue weighted by molar-refractivity contribution is 7.09. The van der Waals surface area contributed by atoms with Crippen LogP contribution < -0.4 is 10.6 Å². The molecule has 2 N–H and O–H groups in total. The van der Waals surface area contributed by atoms with Crippen LogP contribution >= 0.6 is 11.3 Å². The monoisotopic (exact) mass is 291 g/mol. The zero-order valence-corrected chi connectivity index (χ0v) is 12.6. The van der Waals surface area contributed by atoms with Crippen molar-refractivity contribution in [3.63, 3.8) is 0 Å². The third-order valence-electron chi connectivity index (χ3n) is 2.74. The predicted molar refractivity (Wildman–Crippen MR) is 84.2 cm³/mol. The van der Waals surface area contributed by atoms with Gasteiger partial charge in [-0.2, -0.15) is 5.10 Å². The van der Waals surface area contributed by atoms with Crippen molar-refractivity contribution in [2.45, 2.75) is 19.9 Å². The number of hydrogen-bond acceptors (Lipinski definition) is 3. The van der Waals surface area contributed by atoms with Gasteiger partial charge in [-0.25, -0.2) is 0 Å². The smallest absolute Gasteiger partial charge is 0.191 e. The van der Waals surface area contributed by atoms with E-state index in [-0.39, 0.29) is 0 Å². The van der Waals surface area contributed by atoms with Gasteiger partial charge < -0.3 is 10.6 Å². The largest absolute Gasteiger partial charge is 0.357 e. The first-order valence-electron chi connectivity index (χ1n) is 6.90. The van der Waals surface area contributed by atoms with Crippen LogP contribution in [-0.4, -0.2) is 35.4 Å². The van der Waals surface area contributed by atoms with Gasteiger partial charge in [0.25, 0.3) is 0 Å². The number of aliphatic imine (C=N–C) groups is 1. The van der Waals surface area contributed by atoms with Gasteiger partial charge in [0.2, 0.25) is 0 Å². The molecule has 0 saturated carbocycles. The maximum Gasteiger partial charge on any atom is 0.191 e. The Bertz CT molecular complexity index is 490. The average molecular weight is 291 g/mol. The summed E-state index contributed by atoms with van der Waals surface area (Å²) in [6.07, 6.45) is 4.75. The van der Waals surface area contributed by atoms with Gasteiger partial charge in [0.15, 0.2) is 5.96 Å². The quantitative estimate of drug-likeness (QED) is 0.603. The van der Waals surface area contributed by atoms with Gasteiger partial charge in [-0.05, 0) is 24.4 Å². The number of hydrogen-bond donors (Lipinski definition) is 2. The van der Waals surface area contributed by atoms with Crippen molar-refractivity contribution in [1.29, 1.82) is 0 Å². The van der Waals surface area contributed by atoms with E-state index in [2.05, 4.69) is 45.2 Å². The van der Waals surface area contributed by atoms with Crippen LogP contribution in [0.4, 0.5) is 0 Å². The summed E-state index contributed by atoms with van der Waals surface area (Å²) in [7, 11) is 0. The summed E-state index contributed by atoms with van der Waals surface area (Å²) in [6.45, 7) is 5.39. The second kappa shape index (κ2) is 8.37. The normalized spacial score (nSPS) is 11.6. The van der Waals surface area contributed by atoms with Gasteiger partial charge in [0.05, 0.1) is 6.54 Å². The predicted octanol–water partition coefficient (Wildman–Crippen LogP) is 1.74. The molecule has 2 aromatic rings. The molecule has 2 aromatic heterocycles. The van der Waals surface area contributed by atoms with Crippen LogP contribution in [0.2, 0.25) is 0 Å². The van der Waals surface area contributed by atoms with Gasteiger partial charge in [-0.1, -0.05) is 6.07 Å². The maximum atomic E-state index is 4.58. The first kappa shape index (κ1) is 14.6. The van der Waals surface area contributed by atoms with Crippen LogP contribution in [0, 0.1) is 0 Å². The first-order valence-corrected chi connectivity index (χ1v) is 7.78. The molecule has 0 aliphatic heterocycles. The molecule has 108 valence electrons. The minimum absolute atomic E-state index is 0.803. The summed E-state index contributed by atoms with van der Waals surface area (Å²) in [4.78, 5) is 5.95. The van der Waals surface area contributed by atoms with Crippen molar-refractivity contribution < 1.29 is 0 Å². The molecule has 5 nitrogen and oxygen atoms in total. The summed E-state index contributed by atoms with van der Waals surface area (Å²) in [5, 5.41) is 12.9. The minimum Gasteiger partial charge on any atom is -0.357 e. The fraction of sp³-hybridized carbons (Fsp3) is 0.429. The minimum atomic E-state index is 0.803. The molecule has 0 aliphatic carbocycles. The SMILES string of the molecule is CCNC(=NCCc1cccs1)NCCn1cccn1. The van der Waals surface area contributed by atoms with Crippen molar-refractivity contribution in [3.8, 4) is 0 Å². The molecule has 20 heavy (non-hydrogen) atoms. The number of aromatic nitrogens is 2. The molecule has 0 aliphatic rings. The highest BCUT2D eigenvalue weighted by Crippen LogP contribution is 2.08. The van der Waals surface area contributed by atoms with Gasteiger partial charge in [0, 0.05) is 43.3 Å². The van der Waals surface area contributed by atoms with Gasteiger partial charge in [-0.3, -0.25) is 9.67 Å². The molecule has 0 fully saturated rings. The van der Waals surface area contributed by atoms with Crippen molar-refractivity contribution in [3.05, 3.63) is 40.8 Å². The molecular weight excluding hydrogens is 270 g/mol. The summed E-state index contributed by atoms with van der Waals surface area (Å²) in [5.74, 6) is 0.871. The van der Waals surface area contributed by atoms with E-state index in [1.165, 1.54) is 4.88 Å². The second-order valence-corrected chi connectivity index (χ2v) is 5.32. The molecule has 0 amide bonds. The third-order valence-corrected chi connectivity index (χ3v) is 3.68. The number of rotatable bonds is 7. The molecule has 0 spiro atoms. The number of guanidine groups is 1. The highest BCUT2D eigenvalue weighted by atomic mass is 32.1. The van der Waals surface area contributed by atoms with E-state index < -0.39 is 0 Å². The first-order chi connectivity index (χ1) is 9.88. The molecule has 0 atom stereocenters. The molecule has 0 bridgehead atoms. The lowest BCUT2D eigenvalue weighted by Crippen LogP contribution is -2.39. The lowest BCUT2D eigenvalue weighted by Gasteiger charge is -2.11. The van der Waals surface area contributed by atoms with Crippen molar-refractivity contribution in [2.24, 2.45) is 4.99 Å². The Morgan fingerprint density at radius 3 is 3.05 bits per heavy atom. The number of nitrogens with one attached hydrogen (secondary N) is 2. The van der Waals surface area contributed by atoms with Gasteiger partial charge in [-0.15, -0.1) is 11.3 Å². The van der Waals surface area contributed by atoms with E-state index in [0.29, 0.717) is 0 Å². The topological polar surface area (TPSA) is 54.2 Å². The van der Waals surface area contributed by atoms with E-state index in [4.69, 9.17) is 0 Å². The summed E-state index contributed by atoms with van der Waals surface area (Å²) < 4.78 is 1.90. The molecule has 0 radical (unpaired) electrons. The van der Waals surface area contributed by atoms with E-state index >= 15 is 0 Å². The van der Waals surface area contributed by atoms with Crippen molar-refractivity contribution in [2.75, 3.05) is 19.6 Å². The molecule has 0 aromatic carbocycles. The van der Waals surface area contributed by atoms with E-state index in [1.807, 2.05) is 16.9 Å². The summed E-state index contributed by atoms with van der Waals surface area (Å²) >= 11 is 1.78. The molecule has 2 heterocycles. The van der Waals surface area contributed by atoms with Crippen molar-refractivity contribution in [1.82, 2.24) is 20.4 Å². The fourth-order valence-electron chi connectivity index (χ4n) is 1.80. The molecule has 0 saturated heterocycles. The standard InChI is InChI=1S/C14H21N5S/c1-2-15-14(16-8-6-13-5-3-12-20-13)17-9-11-19-10-4-7-18-19/h3-5,7,10,12H,2,6,8-9,11H2,1H3,(H2,15,16,17). The van der Waals surface area contributed by atoms with Crippen LogP contribution in [0.3, 0.4) is 0 Å². The van der Waals surface area contributed by atoms with E-state index in [1.54, 1.807) is 17.5 Å². The number of nitrogens with zero attached hydrogens (tertiary/aromatic N) is 3. The Kier molecular flexibility index (Phi) is 6.10. The van der Waals surface area contributed by atoms with Gasteiger partial charge >= 0.3 is 0 Å².